The average Bonchev–Trinajstić information content (AvgIpc) is 2.28. The number of carbonyl (C=O) groups is 1. The van der Waals surface area contributed by atoms with Crippen LogP contribution < -0.4 is 4.72 Å². The smallest absolute Gasteiger partial charge is 0.240 e. The third-order valence-corrected chi connectivity index (χ3v) is 4.14. The summed E-state index contributed by atoms with van der Waals surface area (Å²) in [5.74, 6) is -0.0575. The summed E-state index contributed by atoms with van der Waals surface area (Å²) in [6.45, 7) is 5.51. The molecule has 0 bridgehead atoms. The molecule has 0 amide bonds. The molecule has 0 atom stereocenters. The molecule has 0 aliphatic carbocycles. The summed E-state index contributed by atoms with van der Waals surface area (Å²) in [6.07, 6.45) is 0.365. The molecular formula is C12H17NO3S. The van der Waals surface area contributed by atoms with Crippen molar-refractivity contribution in [3.63, 3.8) is 0 Å². The predicted molar refractivity (Wildman–Crippen MR) is 66.7 cm³/mol. The quantitative estimate of drug-likeness (QED) is 0.817. The van der Waals surface area contributed by atoms with E-state index in [-0.39, 0.29) is 10.7 Å². The molecule has 0 saturated heterocycles. The molecule has 0 heterocycles. The summed E-state index contributed by atoms with van der Waals surface area (Å²) in [6, 6.07) is 4.76. The minimum absolute atomic E-state index is 0.0575. The molecule has 5 heteroatoms. The first-order valence-electron chi connectivity index (χ1n) is 5.56. The number of rotatable bonds is 5. The molecule has 0 aliphatic heterocycles. The Labute approximate surface area is 102 Å². The molecule has 94 valence electrons. The number of carbonyl (C=O) groups excluding carboxylic acids is 1. The van der Waals surface area contributed by atoms with Crippen LogP contribution >= 0.6 is 0 Å². The Balaban J connectivity index is 3.29. The zero-order chi connectivity index (χ0) is 13.1. The molecule has 4 nitrogen and oxygen atoms in total. The Hall–Kier alpha value is -1.20. The number of hydrogen-bond donors (Lipinski definition) is 1. The van der Waals surface area contributed by atoms with E-state index in [9.17, 15) is 13.2 Å². The number of sulfonamides is 1. The van der Waals surface area contributed by atoms with E-state index >= 15 is 0 Å². The zero-order valence-electron chi connectivity index (χ0n) is 10.3. The highest BCUT2D eigenvalue weighted by Crippen LogP contribution is 2.17. The van der Waals surface area contributed by atoms with Crippen LogP contribution in [0.3, 0.4) is 0 Å². The van der Waals surface area contributed by atoms with Crippen LogP contribution in [0.1, 0.15) is 36.2 Å². The number of nitrogens with one attached hydrogen (secondary N) is 1. The minimum atomic E-state index is -3.51. The maximum Gasteiger partial charge on any atom is 0.240 e. The van der Waals surface area contributed by atoms with E-state index in [1.165, 1.54) is 6.07 Å². The van der Waals surface area contributed by atoms with Crippen molar-refractivity contribution in [3.05, 3.63) is 29.3 Å². The van der Waals surface area contributed by atoms with Crippen LogP contribution in [0, 0.1) is 6.92 Å². The summed E-state index contributed by atoms with van der Waals surface area (Å²) in [5.41, 5.74) is 1.08. The van der Waals surface area contributed by atoms with Crippen molar-refractivity contribution in [2.45, 2.75) is 32.1 Å². The molecule has 0 saturated carbocycles. The van der Waals surface area contributed by atoms with Gasteiger partial charge in [-0.2, -0.15) is 0 Å². The Bertz CT molecular complexity index is 521. The number of aryl methyl sites for hydroxylation is 1. The molecule has 0 aliphatic rings. The largest absolute Gasteiger partial charge is 0.294 e. The van der Waals surface area contributed by atoms with Gasteiger partial charge in [0.05, 0.1) is 4.90 Å². The second-order valence-corrected chi connectivity index (χ2v) is 5.49. The van der Waals surface area contributed by atoms with E-state index < -0.39 is 10.0 Å². The second kappa shape index (κ2) is 5.42. The topological polar surface area (TPSA) is 63.2 Å². The van der Waals surface area contributed by atoms with Gasteiger partial charge in [0.1, 0.15) is 0 Å². The van der Waals surface area contributed by atoms with Crippen molar-refractivity contribution in [1.29, 1.82) is 0 Å². The van der Waals surface area contributed by atoms with Crippen molar-refractivity contribution >= 4 is 15.8 Å². The average molecular weight is 255 g/mol. The highest BCUT2D eigenvalue weighted by Gasteiger charge is 2.17. The van der Waals surface area contributed by atoms with Crippen molar-refractivity contribution in [2.24, 2.45) is 0 Å². The summed E-state index contributed by atoms with van der Waals surface area (Å²) in [5, 5.41) is 0. The van der Waals surface area contributed by atoms with Crippen LogP contribution in [0.2, 0.25) is 0 Å². The summed E-state index contributed by atoms with van der Waals surface area (Å²) in [7, 11) is -3.51. The first kappa shape index (κ1) is 13.9. The van der Waals surface area contributed by atoms with Gasteiger partial charge in [0.15, 0.2) is 5.78 Å². The molecule has 0 unspecified atom stereocenters. The lowest BCUT2D eigenvalue weighted by Crippen LogP contribution is -2.24. The van der Waals surface area contributed by atoms with Crippen LogP contribution in [0.5, 0.6) is 0 Å². The third kappa shape index (κ3) is 3.14. The number of hydrogen-bond acceptors (Lipinski definition) is 3. The third-order valence-electron chi connectivity index (χ3n) is 2.46. The first-order valence-corrected chi connectivity index (χ1v) is 7.04. The molecule has 0 aromatic heterocycles. The molecule has 0 fully saturated rings. The van der Waals surface area contributed by atoms with Gasteiger partial charge in [0.2, 0.25) is 10.0 Å². The molecule has 1 N–H and O–H groups in total. The van der Waals surface area contributed by atoms with Crippen molar-refractivity contribution in [2.75, 3.05) is 6.54 Å². The maximum atomic E-state index is 11.9. The Morgan fingerprint density at radius 3 is 2.47 bits per heavy atom. The van der Waals surface area contributed by atoms with Crippen molar-refractivity contribution in [3.8, 4) is 0 Å². The highest BCUT2D eigenvalue weighted by molar-refractivity contribution is 7.89. The molecule has 17 heavy (non-hydrogen) atoms. The minimum Gasteiger partial charge on any atom is -0.294 e. The molecule has 1 aromatic carbocycles. The van der Waals surface area contributed by atoms with Crippen molar-refractivity contribution < 1.29 is 13.2 Å². The van der Waals surface area contributed by atoms with Gasteiger partial charge in [0, 0.05) is 18.5 Å². The molecule has 1 aromatic rings. The van der Waals surface area contributed by atoms with Gasteiger partial charge in [-0.3, -0.25) is 4.79 Å². The fourth-order valence-corrected chi connectivity index (χ4v) is 2.84. The van der Waals surface area contributed by atoms with Gasteiger partial charge in [-0.25, -0.2) is 13.1 Å². The van der Waals surface area contributed by atoms with E-state index in [4.69, 9.17) is 0 Å². The second-order valence-electron chi connectivity index (χ2n) is 3.76. The van der Waals surface area contributed by atoms with Gasteiger partial charge in [0.25, 0.3) is 0 Å². The maximum absolute atomic E-state index is 11.9. The lowest BCUT2D eigenvalue weighted by Gasteiger charge is -2.09. The van der Waals surface area contributed by atoms with Crippen LogP contribution in [-0.2, 0) is 10.0 Å². The number of ketones is 1. The Morgan fingerprint density at radius 2 is 1.94 bits per heavy atom. The van der Waals surface area contributed by atoms with Crippen LogP contribution in [0.4, 0.5) is 0 Å². The lowest BCUT2D eigenvalue weighted by molar-refractivity contribution is 0.0988. The Morgan fingerprint density at radius 1 is 1.29 bits per heavy atom. The fourth-order valence-electron chi connectivity index (χ4n) is 1.53. The number of Topliss-reactive ketones (excluding diaryl/α,β-unsaturated/α-hetero) is 1. The van der Waals surface area contributed by atoms with E-state index in [1.807, 2.05) is 0 Å². The molecule has 0 radical (unpaired) electrons. The van der Waals surface area contributed by atoms with Gasteiger partial charge >= 0.3 is 0 Å². The SMILES string of the molecule is CCNS(=O)(=O)c1cc(C(=O)CC)ccc1C. The lowest BCUT2D eigenvalue weighted by atomic mass is 10.1. The van der Waals surface area contributed by atoms with Gasteiger partial charge < -0.3 is 0 Å². The first-order chi connectivity index (χ1) is 7.92. The predicted octanol–water partition coefficient (Wildman–Crippen LogP) is 1.89. The zero-order valence-corrected chi connectivity index (χ0v) is 11.1. The Kier molecular flexibility index (Phi) is 4.42. The summed E-state index contributed by atoms with van der Waals surface area (Å²) >= 11 is 0. The molecular weight excluding hydrogens is 238 g/mol. The van der Waals surface area contributed by atoms with E-state index in [1.54, 1.807) is 32.9 Å². The standard InChI is InChI=1S/C12H17NO3S/c1-4-11(14)10-7-6-9(3)12(8-10)17(15,16)13-5-2/h6-8,13H,4-5H2,1-3H3. The summed E-state index contributed by atoms with van der Waals surface area (Å²) in [4.78, 5) is 11.7. The summed E-state index contributed by atoms with van der Waals surface area (Å²) < 4.78 is 26.2. The van der Waals surface area contributed by atoms with E-state index in [0.717, 1.165) is 0 Å². The van der Waals surface area contributed by atoms with Crippen molar-refractivity contribution in [1.82, 2.24) is 4.72 Å². The monoisotopic (exact) mass is 255 g/mol. The normalized spacial score (nSPS) is 11.5. The van der Waals surface area contributed by atoms with Gasteiger partial charge in [-0.05, 0) is 18.6 Å². The van der Waals surface area contributed by atoms with Crippen LogP contribution in [-0.4, -0.2) is 20.7 Å². The fraction of sp³-hybridized carbons (Fsp3) is 0.417. The number of benzene rings is 1. The highest BCUT2D eigenvalue weighted by atomic mass is 32.2. The van der Waals surface area contributed by atoms with Crippen LogP contribution in [0.15, 0.2) is 23.1 Å². The van der Waals surface area contributed by atoms with Crippen LogP contribution in [0.25, 0.3) is 0 Å². The van der Waals surface area contributed by atoms with E-state index in [0.29, 0.717) is 24.1 Å². The van der Waals surface area contributed by atoms with Gasteiger partial charge in [-0.15, -0.1) is 0 Å². The molecule has 1 rings (SSSR count). The van der Waals surface area contributed by atoms with E-state index in [2.05, 4.69) is 4.72 Å². The van der Waals surface area contributed by atoms with Gasteiger partial charge in [-0.1, -0.05) is 26.0 Å². The molecule has 0 spiro atoms.